The second-order valence-corrected chi connectivity index (χ2v) is 9.13. The molecule has 26 heavy (non-hydrogen) atoms. The molecule has 0 bridgehead atoms. The number of benzene rings is 1. The number of sulfone groups is 1. The molecule has 1 aromatic heterocycles. The van der Waals surface area contributed by atoms with Crippen LogP contribution in [0.4, 0.5) is 16.5 Å². The van der Waals surface area contributed by atoms with Gasteiger partial charge in [0.05, 0.1) is 15.5 Å². The van der Waals surface area contributed by atoms with Gasteiger partial charge in [-0.15, -0.1) is 11.3 Å². The number of hydrogen-bond acceptors (Lipinski definition) is 8. The van der Waals surface area contributed by atoms with Crippen LogP contribution in [0.1, 0.15) is 12.1 Å². The Bertz CT molecular complexity index is 926. The highest BCUT2D eigenvalue weighted by molar-refractivity contribution is 7.90. The summed E-state index contributed by atoms with van der Waals surface area (Å²) >= 11 is 1.60. The summed E-state index contributed by atoms with van der Waals surface area (Å²) in [5.41, 5.74) is 1.27. The lowest BCUT2D eigenvalue weighted by molar-refractivity contribution is -0.384. The molecule has 8 nitrogen and oxygen atoms in total. The highest BCUT2D eigenvalue weighted by Crippen LogP contribution is 2.32. The largest absolute Gasteiger partial charge is 0.364 e. The van der Waals surface area contributed by atoms with Gasteiger partial charge in [0.15, 0.2) is 15.0 Å². The second kappa shape index (κ2) is 7.20. The van der Waals surface area contributed by atoms with Crippen molar-refractivity contribution in [3.63, 3.8) is 0 Å². The number of nitro groups is 1. The summed E-state index contributed by atoms with van der Waals surface area (Å²) in [7, 11) is -3.49. The summed E-state index contributed by atoms with van der Waals surface area (Å²) in [6.45, 7) is 4.77. The van der Waals surface area contributed by atoms with Crippen molar-refractivity contribution in [1.82, 2.24) is 4.98 Å². The molecule has 0 atom stereocenters. The van der Waals surface area contributed by atoms with E-state index >= 15 is 0 Å². The van der Waals surface area contributed by atoms with Crippen LogP contribution in [0.3, 0.4) is 0 Å². The lowest BCUT2D eigenvalue weighted by Gasteiger charge is -2.23. The third kappa shape index (κ3) is 3.96. The molecule has 2 aromatic rings. The number of aromatic nitrogens is 1. The van der Waals surface area contributed by atoms with Gasteiger partial charge in [0.25, 0.3) is 5.69 Å². The SMILES string of the molecule is Cc1csc(N2CCCN(c3ccc(S(C)(=O)=O)cc3[N+](=O)[O-])CC2)n1. The summed E-state index contributed by atoms with van der Waals surface area (Å²) in [4.78, 5) is 19.6. The summed E-state index contributed by atoms with van der Waals surface area (Å²) < 4.78 is 23.4. The number of nitrogens with zero attached hydrogens (tertiary/aromatic N) is 4. The van der Waals surface area contributed by atoms with Crippen LogP contribution in [0.5, 0.6) is 0 Å². The number of rotatable bonds is 4. The average molecular weight is 396 g/mol. The fraction of sp³-hybridized carbons (Fsp3) is 0.438. The molecule has 0 saturated carbocycles. The molecule has 2 heterocycles. The van der Waals surface area contributed by atoms with Gasteiger partial charge in [-0.3, -0.25) is 10.1 Å². The standard InChI is InChI=1S/C16H20N4O4S2/c1-12-11-25-16(17-12)19-7-3-6-18(8-9-19)14-5-4-13(26(2,23)24)10-15(14)20(21)22/h4-5,10-11H,3,6-9H2,1-2H3. The number of thiazole rings is 1. The van der Waals surface area contributed by atoms with Crippen molar-refractivity contribution in [2.24, 2.45) is 0 Å². The van der Waals surface area contributed by atoms with Crippen molar-refractivity contribution in [2.75, 3.05) is 42.2 Å². The molecule has 0 radical (unpaired) electrons. The van der Waals surface area contributed by atoms with Gasteiger partial charge < -0.3 is 9.80 Å². The molecular weight excluding hydrogens is 376 g/mol. The molecule has 1 aliphatic rings. The van der Waals surface area contributed by atoms with Crippen LogP contribution in [0, 0.1) is 17.0 Å². The summed E-state index contributed by atoms with van der Waals surface area (Å²) in [5.74, 6) is 0. The Kier molecular flexibility index (Phi) is 5.15. The van der Waals surface area contributed by atoms with Gasteiger partial charge in [-0.05, 0) is 25.5 Å². The van der Waals surface area contributed by atoms with Crippen molar-refractivity contribution in [1.29, 1.82) is 0 Å². The highest BCUT2D eigenvalue weighted by Gasteiger charge is 2.25. The van der Waals surface area contributed by atoms with Gasteiger partial charge in [-0.25, -0.2) is 13.4 Å². The zero-order valence-corrected chi connectivity index (χ0v) is 16.2. The molecule has 10 heteroatoms. The normalized spacial score (nSPS) is 15.8. The topological polar surface area (TPSA) is 96.7 Å². The fourth-order valence-electron chi connectivity index (χ4n) is 2.98. The Morgan fingerprint density at radius 2 is 1.88 bits per heavy atom. The van der Waals surface area contributed by atoms with Crippen molar-refractivity contribution >= 4 is 37.7 Å². The predicted molar refractivity (Wildman–Crippen MR) is 102 cm³/mol. The van der Waals surface area contributed by atoms with Crippen molar-refractivity contribution in [2.45, 2.75) is 18.2 Å². The van der Waals surface area contributed by atoms with Crippen LogP contribution in [0.15, 0.2) is 28.5 Å². The third-order valence-electron chi connectivity index (χ3n) is 4.29. The number of anilines is 2. The molecule has 140 valence electrons. The Hall–Kier alpha value is -2.20. The maximum absolute atomic E-state index is 11.7. The van der Waals surface area contributed by atoms with Crippen molar-refractivity contribution in [3.05, 3.63) is 39.4 Å². The molecular formula is C16H20N4O4S2. The smallest absolute Gasteiger partial charge is 0.293 e. The van der Waals surface area contributed by atoms with E-state index in [0.717, 1.165) is 36.1 Å². The van der Waals surface area contributed by atoms with Crippen LogP contribution >= 0.6 is 11.3 Å². The van der Waals surface area contributed by atoms with Crippen LogP contribution in [0.2, 0.25) is 0 Å². The van der Waals surface area contributed by atoms with E-state index in [2.05, 4.69) is 9.88 Å². The minimum absolute atomic E-state index is 0.0392. The van der Waals surface area contributed by atoms with E-state index in [4.69, 9.17) is 0 Å². The maximum atomic E-state index is 11.7. The first-order valence-corrected chi connectivity index (χ1v) is 10.9. The second-order valence-electron chi connectivity index (χ2n) is 6.28. The minimum atomic E-state index is -3.49. The van der Waals surface area contributed by atoms with Gasteiger partial charge in [-0.2, -0.15) is 0 Å². The van der Waals surface area contributed by atoms with Crippen LogP contribution < -0.4 is 9.80 Å². The third-order valence-corrected chi connectivity index (χ3v) is 6.42. The number of nitro benzene ring substituents is 1. The predicted octanol–water partition coefficient (Wildman–Crippen LogP) is 2.48. The van der Waals surface area contributed by atoms with E-state index < -0.39 is 14.8 Å². The van der Waals surface area contributed by atoms with E-state index in [-0.39, 0.29) is 10.6 Å². The summed E-state index contributed by atoms with van der Waals surface area (Å²) in [6.07, 6.45) is 1.88. The van der Waals surface area contributed by atoms with Gasteiger partial charge in [0, 0.05) is 43.9 Å². The van der Waals surface area contributed by atoms with E-state index in [1.807, 2.05) is 17.2 Å². The first-order valence-electron chi connectivity index (χ1n) is 8.16. The fourth-order valence-corrected chi connectivity index (χ4v) is 4.48. The number of aryl methyl sites for hydroxylation is 1. The molecule has 1 saturated heterocycles. The molecule has 0 unspecified atom stereocenters. The minimum Gasteiger partial charge on any atom is -0.364 e. The van der Waals surface area contributed by atoms with Gasteiger partial charge >= 0.3 is 0 Å². The highest BCUT2D eigenvalue weighted by atomic mass is 32.2. The molecule has 0 N–H and O–H groups in total. The summed E-state index contributed by atoms with van der Waals surface area (Å²) in [5, 5.41) is 14.5. The zero-order chi connectivity index (χ0) is 18.9. The van der Waals surface area contributed by atoms with Crippen molar-refractivity contribution < 1.29 is 13.3 Å². The molecule has 0 aliphatic carbocycles. The Labute approximate surface area is 156 Å². The van der Waals surface area contributed by atoms with E-state index in [9.17, 15) is 18.5 Å². The van der Waals surface area contributed by atoms with Crippen molar-refractivity contribution in [3.8, 4) is 0 Å². The molecule has 1 fully saturated rings. The Morgan fingerprint density at radius 3 is 2.50 bits per heavy atom. The van der Waals surface area contributed by atoms with Gasteiger partial charge in [0.1, 0.15) is 5.69 Å². The van der Waals surface area contributed by atoms with E-state index in [0.29, 0.717) is 25.3 Å². The molecule has 0 spiro atoms. The first-order chi connectivity index (χ1) is 12.3. The average Bonchev–Trinajstić information content (AvgIpc) is 2.86. The monoisotopic (exact) mass is 396 g/mol. The van der Waals surface area contributed by atoms with Crippen LogP contribution in [-0.4, -0.2) is 50.8 Å². The Balaban J connectivity index is 1.86. The zero-order valence-electron chi connectivity index (χ0n) is 14.6. The van der Waals surface area contributed by atoms with E-state index in [1.54, 1.807) is 11.3 Å². The maximum Gasteiger partial charge on any atom is 0.293 e. The lowest BCUT2D eigenvalue weighted by Crippen LogP contribution is -2.31. The lowest BCUT2D eigenvalue weighted by atomic mass is 10.2. The number of hydrogen-bond donors (Lipinski definition) is 0. The molecule has 1 aromatic carbocycles. The van der Waals surface area contributed by atoms with Crippen LogP contribution in [-0.2, 0) is 9.84 Å². The molecule has 1 aliphatic heterocycles. The quantitative estimate of drug-likeness (QED) is 0.578. The van der Waals surface area contributed by atoms with Gasteiger partial charge in [-0.1, -0.05) is 0 Å². The van der Waals surface area contributed by atoms with Crippen LogP contribution in [0.25, 0.3) is 0 Å². The van der Waals surface area contributed by atoms with E-state index in [1.165, 1.54) is 12.1 Å². The molecule has 0 amide bonds. The first kappa shape index (κ1) is 18.6. The molecule has 3 rings (SSSR count). The van der Waals surface area contributed by atoms with Gasteiger partial charge in [0.2, 0.25) is 0 Å². The Morgan fingerprint density at radius 1 is 1.19 bits per heavy atom. The summed E-state index contributed by atoms with van der Waals surface area (Å²) in [6, 6.07) is 4.12.